The van der Waals surface area contributed by atoms with E-state index in [-0.39, 0.29) is 0 Å². The van der Waals surface area contributed by atoms with Gasteiger partial charge in [0.1, 0.15) is 6.61 Å². The highest BCUT2D eigenvalue weighted by Crippen LogP contribution is 2.14. The Kier molecular flexibility index (Phi) is 2.50. The number of hydrogen-bond acceptors (Lipinski definition) is 2. The molecule has 0 fully saturated rings. The van der Waals surface area contributed by atoms with Crippen molar-refractivity contribution in [3.63, 3.8) is 0 Å². The maximum Gasteiger partial charge on any atom is 0.234 e. The average molecular weight is 224 g/mol. The number of benzene rings is 1. The molecule has 0 amide bonds. The van der Waals surface area contributed by atoms with Crippen LogP contribution in [-0.4, -0.2) is 9.61 Å². The number of aromatic nitrogens is 2. The molecule has 2 heterocycles. The van der Waals surface area contributed by atoms with Crippen molar-refractivity contribution in [2.45, 2.75) is 6.61 Å². The Morgan fingerprint density at radius 3 is 2.65 bits per heavy atom. The molecule has 17 heavy (non-hydrogen) atoms. The van der Waals surface area contributed by atoms with Gasteiger partial charge in [-0.1, -0.05) is 36.4 Å². The topological polar surface area (TPSA) is 26.5 Å². The number of fused-ring (bicyclic) bond motifs is 1. The van der Waals surface area contributed by atoms with Gasteiger partial charge < -0.3 is 4.74 Å². The van der Waals surface area contributed by atoms with Crippen LogP contribution in [0, 0.1) is 0 Å². The van der Waals surface area contributed by atoms with Crippen LogP contribution in [0.15, 0.2) is 60.8 Å². The molecule has 0 aliphatic carbocycles. The number of nitrogens with zero attached hydrogens (tertiary/aromatic N) is 2. The van der Waals surface area contributed by atoms with Gasteiger partial charge in [0.15, 0.2) is 0 Å². The smallest absolute Gasteiger partial charge is 0.234 e. The maximum atomic E-state index is 5.65. The van der Waals surface area contributed by atoms with Crippen LogP contribution in [0.5, 0.6) is 5.88 Å². The summed E-state index contributed by atoms with van der Waals surface area (Å²) in [7, 11) is 0. The monoisotopic (exact) mass is 224 g/mol. The lowest BCUT2D eigenvalue weighted by atomic mass is 10.2. The number of hydrogen-bond donors (Lipinski definition) is 0. The molecule has 3 aromatic rings. The van der Waals surface area contributed by atoms with E-state index >= 15 is 0 Å². The van der Waals surface area contributed by atoms with E-state index in [4.69, 9.17) is 4.74 Å². The first kappa shape index (κ1) is 9.90. The largest absolute Gasteiger partial charge is 0.472 e. The molecule has 0 aliphatic rings. The molecule has 0 N–H and O–H groups in total. The Labute approximate surface area is 99.3 Å². The summed E-state index contributed by atoms with van der Waals surface area (Å²) >= 11 is 0. The van der Waals surface area contributed by atoms with Gasteiger partial charge in [-0.05, 0) is 17.7 Å². The molecule has 0 saturated heterocycles. The molecule has 84 valence electrons. The van der Waals surface area contributed by atoms with Crippen molar-refractivity contribution < 1.29 is 4.74 Å². The number of rotatable bonds is 3. The Hall–Kier alpha value is -2.29. The SMILES string of the molecule is c1ccc(COc2cc3ccccn3n2)cc1. The van der Waals surface area contributed by atoms with E-state index in [1.54, 1.807) is 4.52 Å². The minimum Gasteiger partial charge on any atom is -0.472 e. The van der Waals surface area contributed by atoms with Crippen LogP contribution in [0.3, 0.4) is 0 Å². The van der Waals surface area contributed by atoms with Crippen molar-refractivity contribution in [1.29, 1.82) is 0 Å². The van der Waals surface area contributed by atoms with Gasteiger partial charge in [-0.2, -0.15) is 0 Å². The van der Waals surface area contributed by atoms with Crippen molar-refractivity contribution in [1.82, 2.24) is 9.61 Å². The predicted octanol–water partition coefficient (Wildman–Crippen LogP) is 2.91. The van der Waals surface area contributed by atoms with Crippen molar-refractivity contribution in [3.8, 4) is 5.88 Å². The minimum absolute atomic E-state index is 0.546. The van der Waals surface area contributed by atoms with Gasteiger partial charge >= 0.3 is 0 Å². The molecular weight excluding hydrogens is 212 g/mol. The minimum atomic E-state index is 0.546. The van der Waals surface area contributed by atoms with E-state index < -0.39 is 0 Å². The molecule has 3 heteroatoms. The highest BCUT2D eigenvalue weighted by Gasteiger charge is 2.01. The molecule has 1 aromatic carbocycles. The summed E-state index contributed by atoms with van der Waals surface area (Å²) < 4.78 is 7.45. The Bertz CT molecular complexity index is 583. The van der Waals surface area contributed by atoms with Crippen LogP contribution in [-0.2, 0) is 6.61 Å². The summed E-state index contributed by atoms with van der Waals surface area (Å²) in [5, 5.41) is 4.32. The third kappa shape index (κ3) is 2.13. The summed E-state index contributed by atoms with van der Waals surface area (Å²) in [5.41, 5.74) is 2.18. The van der Waals surface area contributed by atoms with E-state index in [9.17, 15) is 0 Å². The second-order valence-corrected chi connectivity index (χ2v) is 3.83. The fraction of sp³-hybridized carbons (Fsp3) is 0.0714. The van der Waals surface area contributed by atoms with Crippen molar-refractivity contribution in [2.24, 2.45) is 0 Å². The van der Waals surface area contributed by atoms with Gasteiger partial charge in [0, 0.05) is 12.3 Å². The maximum absolute atomic E-state index is 5.65. The zero-order chi connectivity index (χ0) is 11.5. The third-order valence-corrected chi connectivity index (χ3v) is 2.58. The molecule has 0 unspecified atom stereocenters. The molecule has 0 atom stereocenters. The van der Waals surface area contributed by atoms with Gasteiger partial charge in [-0.25, -0.2) is 4.52 Å². The number of ether oxygens (including phenoxy) is 1. The predicted molar refractivity (Wildman–Crippen MR) is 66.0 cm³/mol. The van der Waals surface area contributed by atoms with E-state index in [1.807, 2.05) is 60.8 Å². The fourth-order valence-electron chi connectivity index (χ4n) is 1.72. The Morgan fingerprint density at radius 2 is 1.82 bits per heavy atom. The summed E-state index contributed by atoms with van der Waals surface area (Å²) in [6.07, 6.45) is 1.91. The van der Waals surface area contributed by atoms with Crippen LogP contribution in [0.2, 0.25) is 0 Å². The van der Waals surface area contributed by atoms with Crippen molar-refractivity contribution in [2.75, 3.05) is 0 Å². The standard InChI is InChI=1S/C14H12N2O/c1-2-6-12(7-3-1)11-17-14-10-13-8-4-5-9-16(13)15-14/h1-10H,11H2. The fourth-order valence-corrected chi connectivity index (χ4v) is 1.72. The first-order chi connectivity index (χ1) is 8.42. The molecule has 3 nitrogen and oxygen atoms in total. The average Bonchev–Trinajstić information content (AvgIpc) is 2.80. The molecule has 0 radical (unpaired) electrons. The van der Waals surface area contributed by atoms with Gasteiger partial charge in [0.25, 0.3) is 0 Å². The van der Waals surface area contributed by atoms with Crippen molar-refractivity contribution in [3.05, 3.63) is 66.4 Å². The van der Waals surface area contributed by atoms with Crippen LogP contribution in [0.4, 0.5) is 0 Å². The summed E-state index contributed by atoms with van der Waals surface area (Å²) in [6.45, 7) is 0.546. The van der Waals surface area contributed by atoms with Crippen molar-refractivity contribution >= 4 is 5.52 Å². The highest BCUT2D eigenvalue weighted by atomic mass is 16.5. The first-order valence-electron chi connectivity index (χ1n) is 5.53. The summed E-state index contributed by atoms with van der Waals surface area (Å²) in [4.78, 5) is 0. The molecule has 0 aliphatic heterocycles. The second-order valence-electron chi connectivity index (χ2n) is 3.83. The summed E-state index contributed by atoms with van der Waals surface area (Å²) in [5.74, 6) is 0.653. The Balaban J connectivity index is 1.77. The van der Waals surface area contributed by atoms with Crippen LogP contribution < -0.4 is 4.74 Å². The second kappa shape index (κ2) is 4.29. The highest BCUT2D eigenvalue weighted by molar-refractivity contribution is 5.48. The van der Waals surface area contributed by atoms with Crippen LogP contribution >= 0.6 is 0 Å². The van der Waals surface area contributed by atoms with E-state index in [0.717, 1.165) is 11.1 Å². The van der Waals surface area contributed by atoms with Gasteiger partial charge in [-0.15, -0.1) is 5.10 Å². The van der Waals surface area contributed by atoms with Crippen LogP contribution in [0.25, 0.3) is 5.52 Å². The molecule has 0 saturated carbocycles. The third-order valence-electron chi connectivity index (χ3n) is 2.58. The molecule has 2 aromatic heterocycles. The number of pyridine rings is 1. The molecule has 0 spiro atoms. The zero-order valence-electron chi connectivity index (χ0n) is 9.28. The first-order valence-corrected chi connectivity index (χ1v) is 5.53. The molecular formula is C14H12N2O. The normalized spacial score (nSPS) is 10.6. The van der Waals surface area contributed by atoms with E-state index in [0.29, 0.717) is 12.5 Å². The molecule has 0 bridgehead atoms. The van der Waals surface area contributed by atoms with E-state index in [2.05, 4.69) is 5.10 Å². The lowest BCUT2D eigenvalue weighted by molar-refractivity contribution is 0.292. The van der Waals surface area contributed by atoms with Crippen LogP contribution in [0.1, 0.15) is 5.56 Å². The lowest BCUT2D eigenvalue weighted by Gasteiger charge is -2.01. The van der Waals surface area contributed by atoms with Gasteiger partial charge in [0.2, 0.25) is 5.88 Å². The zero-order valence-corrected chi connectivity index (χ0v) is 9.28. The van der Waals surface area contributed by atoms with Gasteiger partial charge in [-0.3, -0.25) is 0 Å². The van der Waals surface area contributed by atoms with E-state index in [1.165, 1.54) is 0 Å². The van der Waals surface area contributed by atoms with Gasteiger partial charge in [0.05, 0.1) is 5.52 Å². The summed E-state index contributed by atoms with van der Waals surface area (Å²) in [6, 6.07) is 17.9. The lowest BCUT2D eigenvalue weighted by Crippen LogP contribution is -1.95. The Morgan fingerprint density at radius 1 is 1.00 bits per heavy atom. The molecule has 3 rings (SSSR count). The quantitative estimate of drug-likeness (QED) is 0.683.